The van der Waals surface area contributed by atoms with Crippen molar-refractivity contribution in [3.8, 4) is 0 Å². The Labute approximate surface area is 162 Å². The van der Waals surface area contributed by atoms with Crippen LogP contribution in [0.25, 0.3) is 0 Å². The number of hydrogen-bond acceptors (Lipinski definition) is 3. The summed E-state index contributed by atoms with van der Waals surface area (Å²) in [5.41, 5.74) is 8.91. The molecule has 0 bridgehead atoms. The molecule has 1 saturated heterocycles. The number of nitrogens with two attached hydrogens (primary N) is 1. The van der Waals surface area contributed by atoms with Crippen molar-refractivity contribution in [3.05, 3.63) is 53.3 Å². The topological polar surface area (TPSA) is 64.2 Å². The molecule has 1 aliphatic rings. The summed E-state index contributed by atoms with van der Waals surface area (Å²) < 4.78 is 1.98. The van der Waals surface area contributed by atoms with E-state index in [1.807, 2.05) is 27.8 Å². The molecule has 0 aliphatic carbocycles. The maximum absolute atomic E-state index is 13.0. The van der Waals surface area contributed by atoms with Gasteiger partial charge in [0.05, 0.1) is 24.0 Å². The maximum atomic E-state index is 13.0. The minimum Gasteiger partial charge on any atom is -0.338 e. The number of likely N-dealkylation sites (tertiary alicyclic amines) is 1. The van der Waals surface area contributed by atoms with Crippen LogP contribution >= 0.6 is 12.4 Å². The average Bonchev–Trinajstić information content (AvgIpc) is 3.21. The van der Waals surface area contributed by atoms with Gasteiger partial charge in [0.2, 0.25) is 0 Å². The summed E-state index contributed by atoms with van der Waals surface area (Å²) in [5.74, 6) is 0.0972. The molecule has 3 rings (SSSR count). The fourth-order valence-corrected chi connectivity index (χ4v) is 3.52. The van der Waals surface area contributed by atoms with Gasteiger partial charge in [-0.3, -0.25) is 9.48 Å². The van der Waals surface area contributed by atoms with Crippen molar-refractivity contribution >= 4 is 18.3 Å². The van der Waals surface area contributed by atoms with Crippen LogP contribution in [0.2, 0.25) is 0 Å². The molecule has 1 aromatic heterocycles. The zero-order valence-electron chi connectivity index (χ0n) is 15.6. The molecule has 26 heavy (non-hydrogen) atoms. The predicted molar refractivity (Wildman–Crippen MR) is 107 cm³/mol. The molecule has 1 unspecified atom stereocenters. The third kappa shape index (κ3) is 4.27. The summed E-state index contributed by atoms with van der Waals surface area (Å²) in [6, 6.07) is 10.2. The molecular weight excluding hydrogens is 348 g/mol. The van der Waals surface area contributed by atoms with E-state index in [0.717, 1.165) is 43.6 Å². The normalized spacial score (nSPS) is 19.4. The summed E-state index contributed by atoms with van der Waals surface area (Å²) in [4.78, 5) is 15.0. The first-order valence-corrected chi connectivity index (χ1v) is 9.14. The third-order valence-corrected chi connectivity index (χ3v) is 5.18. The number of aromatic nitrogens is 2. The van der Waals surface area contributed by atoms with E-state index in [2.05, 4.69) is 31.1 Å². The van der Waals surface area contributed by atoms with E-state index >= 15 is 0 Å². The Balaban J connectivity index is 0.00000243. The largest absolute Gasteiger partial charge is 0.338 e. The number of carbonyl (C=O) groups is 1. The van der Waals surface area contributed by atoms with Crippen LogP contribution in [-0.4, -0.2) is 40.2 Å². The zero-order valence-corrected chi connectivity index (χ0v) is 16.5. The lowest BCUT2D eigenvalue weighted by atomic mass is 9.90. The smallest absolute Gasteiger partial charge is 0.257 e. The molecule has 0 saturated carbocycles. The first-order chi connectivity index (χ1) is 12.1. The van der Waals surface area contributed by atoms with E-state index in [0.29, 0.717) is 13.1 Å². The number of hydrogen-bond donors (Lipinski definition) is 1. The van der Waals surface area contributed by atoms with Crippen LogP contribution < -0.4 is 5.73 Å². The van der Waals surface area contributed by atoms with Crippen molar-refractivity contribution in [2.24, 2.45) is 11.1 Å². The van der Waals surface area contributed by atoms with Gasteiger partial charge >= 0.3 is 0 Å². The fraction of sp³-hybridized carbons (Fsp3) is 0.500. The second-order valence-corrected chi connectivity index (χ2v) is 7.39. The van der Waals surface area contributed by atoms with E-state index in [-0.39, 0.29) is 23.7 Å². The van der Waals surface area contributed by atoms with Crippen LogP contribution in [0.1, 0.15) is 48.3 Å². The Hall–Kier alpha value is -1.85. The van der Waals surface area contributed by atoms with Crippen LogP contribution in [-0.2, 0) is 13.0 Å². The van der Waals surface area contributed by atoms with Gasteiger partial charge in [-0.15, -0.1) is 12.4 Å². The van der Waals surface area contributed by atoms with Crippen LogP contribution in [0.4, 0.5) is 0 Å². The summed E-state index contributed by atoms with van der Waals surface area (Å²) in [6.45, 7) is 7.12. The van der Waals surface area contributed by atoms with Crippen LogP contribution in [0.5, 0.6) is 0 Å². The van der Waals surface area contributed by atoms with Crippen LogP contribution in [0.15, 0.2) is 36.5 Å². The number of carbonyl (C=O) groups excluding carboxylic acids is 1. The highest BCUT2D eigenvalue weighted by Crippen LogP contribution is 2.30. The van der Waals surface area contributed by atoms with Crippen molar-refractivity contribution < 1.29 is 4.79 Å². The summed E-state index contributed by atoms with van der Waals surface area (Å²) in [5, 5.41) is 4.52. The molecule has 6 heteroatoms. The first kappa shape index (κ1) is 20.5. The maximum Gasteiger partial charge on any atom is 0.257 e. The SMILES string of the molecule is CCCc1c(C(=O)N2CCC(C)(CN)C2)cnn1Cc1ccccc1.Cl. The number of benzene rings is 1. The Morgan fingerprint density at radius 3 is 2.65 bits per heavy atom. The second-order valence-electron chi connectivity index (χ2n) is 7.39. The lowest BCUT2D eigenvalue weighted by Gasteiger charge is -2.22. The fourth-order valence-electron chi connectivity index (χ4n) is 3.52. The number of rotatable bonds is 6. The second kappa shape index (κ2) is 8.69. The Morgan fingerprint density at radius 1 is 1.31 bits per heavy atom. The van der Waals surface area contributed by atoms with Crippen LogP contribution in [0, 0.1) is 5.41 Å². The first-order valence-electron chi connectivity index (χ1n) is 9.14. The number of nitrogens with zero attached hydrogens (tertiary/aromatic N) is 3. The molecule has 5 nitrogen and oxygen atoms in total. The summed E-state index contributed by atoms with van der Waals surface area (Å²) in [6.07, 6.45) is 4.56. The molecule has 0 spiro atoms. The predicted octanol–water partition coefficient (Wildman–Crippen LogP) is 3.12. The highest BCUT2D eigenvalue weighted by atomic mass is 35.5. The van der Waals surface area contributed by atoms with Gasteiger partial charge in [-0.2, -0.15) is 5.10 Å². The molecule has 1 aromatic carbocycles. The van der Waals surface area contributed by atoms with E-state index in [1.165, 1.54) is 5.56 Å². The third-order valence-electron chi connectivity index (χ3n) is 5.18. The van der Waals surface area contributed by atoms with Gasteiger partial charge in [0.1, 0.15) is 0 Å². The van der Waals surface area contributed by atoms with Gasteiger partial charge in [0, 0.05) is 13.1 Å². The molecular formula is C20H29ClN4O. The molecule has 2 aromatic rings. The highest BCUT2D eigenvalue weighted by molar-refractivity contribution is 5.95. The van der Waals surface area contributed by atoms with Gasteiger partial charge in [-0.05, 0) is 30.4 Å². The molecule has 1 amide bonds. The van der Waals surface area contributed by atoms with Gasteiger partial charge in [0.15, 0.2) is 0 Å². The van der Waals surface area contributed by atoms with Gasteiger partial charge < -0.3 is 10.6 Å². The Kier molecular flexibility index (Phi) is 6.84. The lowest BCUT2D eigenvalue weighted by Crippen LogP contribution is -2.34. The Bertz CT molecular complexity index is 731. The molecule has 0 radical (unpaired) electrons. The number of amides is 1. The van der Waals surface area contributed by atoms with Crippen molar-refractivity contribution in [1.82, 2.24) is 14.7 Å². The average molecular weight is 377 g/mol. The van der Waals surface area contributed by atoms with Crippen molar-refractivity contribution in [1.29, 1.82) is 0 Å². The quantitative estimate of drug-likeness (QED) is 0.842. The van der Waals surface area contributed by atoms with Crippen molar-refractivity contribution in [2.75, 3.05) is 19.6 Å². The van der Waals surface area contributed by atoms with Crippen LogP contribution in [0.3, 0.4) is 0 Å². The highest BCUT2D eigenvalue weighted by Gasteiger charge is 2.36. The molecule has 1 atom stereocenters. The minimum absolute atomic E-state index is 0. The van der Waals surface area contributed by atoms with Crippen molar-refractivity contribution in [3.63, 3.8) is 0 Å². The van der Waals surface area contributed by atoms with Gasteiger partial charge in [-0.1, -0.05) is 50.6 Å². The molecule has 142 valence electrons. The monoisotopic (exact) mass is 376 g/mol. The Morgan fingerprint density at radius 2 is 2.04 bits per heavy atom. The van der Waals surface area contributed by atoms with Crippen molar-refractivity contribution in [2.45, 2.75) is 39.7 Å². The van der Waals surface area contributed by atoms with E-state index in [4.69, 9.17) is 5.73 Å². The molecule has 2 heterocycles. The molecule has 2 N–H and O–H groups in total. The van der Waals surface area contributed by atoms with Gasteiger partial charge in [0.25, 0.3) is 5.91 Å². The van der Waals surface area contributed by atoms with Gasteiger partial charge in [-0.25, -0.2) is 0 Å². The molecule has 1 fully saturated rings. The molecule has 1 aliphatic heterocycles. The standard InChI is InChI=1S/C20H28N4O.ClH/c1-3-7-18-17(19(25)23-11-10-20(2,14-21)15-23)12-22-24(18)13-16-8-5-4-6-9-16;/h4-6,8-9,12H,3,7,10-11,13-15,21H2,1-2H3;1H. The number of halogens is 1. The van der Waals surface area contributed by atoms with E-state index < -0.39 is 0 Å². The van der Waals surface area contributed by atoms with E-state index in [9.17, 15) is 4.79 Å². The summed E-state index contributed by atoms with van der Waals surface area (Å²) >= 11 is 0. The lowest BCUT2D eigenvalue weighted by molar-refractivity contribution is 0.0775. The summed E-state index contributed by atoms with van der Waals surface area (Å²) in [7, 11) is 0. The minimum atomic E-state index is 0. The zero-order chi connectivity index (χ0) is 17.9. The van der Waals surface area contributed by atoms with E-state index in [1.54, 1.807) is 6.20 Å².